The summed E-state index contributed by atoms with van der Waals surface area (Å²) in [5.41, 5.74) is 4.69. The van der Waals surface area contributed by atoms with Gasteiger partial charge in [0.1, 0.15) is 0 Å². The van der Waals surface area contributed by atoms with Crippen molar-refractivity contribution in [2.45, 2.75) is 39.3 Å². The molecule has 0 aliphatic carbocycles. The molecule has 0 saturated carbocycles. The first-order valence-electron chi connectivity index (χ1n) is 10.9. The van der Waals surface area contributed by atoms with E-state index in [2.05, 4.69) is 48.7 Å². The van der Waals surface area contributed by atoms with E-state index in [1.165, 1.54) is 0 Å². The molecular weight excluding hydrogens is 409 g/mol. The van der Waals surface area contributed by atoms with Crippen molar-refractivity contribution in [2.24, 2.45) is 5.92 Å². The summed E-state index contributed by atoms with van der Waals surface area (Å²) in [5, 5.41) is 3.95. The molecule has 0 spiro atoms. The zero-order chi connectivity index (χ0) is 21.8. The van der Waals surface area contributed by atoms with Crippen molar-refractivity contribution in [1.29, 1.82) is 0 Å². The molecule has 1 aliphatic heterocycles. The van der Waals surface area contributed by atoms with Gasteiger partial charge < -0.3 is 0 Å². The molecule has 4 rings (SSSR count). The van der Waals surface area contributed by atoms with Gasteiger partial charge in [-0.05, 0) is 0 Å². The number of aromatic nitrogens is 1. The number of anilines is 1. The maximum atomic E-state index is 6.06. The Kier molecular flexibility index (Phi) is 6.98. The van der Waals surface area contributed by atoms with Crippen molar-refractivity contribution in [3.05, 3.63) is 58.6 Å². The molecule has 1 unspecified atom stereocenters. The Balaban J connectivity index is 1.48. The SMILES string of the molecule is B=C(c1ccc2oc(NCc3cccc(Cl)c3)nc2c1)N(CC(C)C)CC1CCCO1. The number of hydrogen-bond donors (Lipinski definition) is 1. The van der Waals surface area contributed by atoms with Crippen molar-refractivity contribution in [1.82, 2.24) is 9.88 Å². The Bertz CT molecular complexity index is 1050. The summed E-state index contributed by atoms with van der Waals surface area (Å²) < 4.78 is 11.7. The van der Waals surface area contributed by atoms with E-state index >= 15 is 0 Å². The Labute approximate surface area is 189 Å². The molecule has 31 heavy (non-hydrogen) atoms. The Hall–Kier alpha value is -2.31. The third-order valence-corrected chi connectivity index (χ3v) is 5.70. The number of ether oxygens (including phenoxy) is 1. The van der Waals surface area contributed by atoms with E-state index in [0.29, 0.717) is 23.5 Å². The normalized spacial score (nSPS) is 16.2. The zero-order valence-corrected chi connectivity index (χ0v) is 19.0. The predicted molar refractivity (Wildman–Crippen MR) is 129 cm³/mol. The van der Waals surface area contributed by atoms with Gasteiger partial charge >= 0.3 is 190 Å². The van der Waals surface area contributed by atoms with Crippen LogP contribution in [0.4, 0.5) is 6.01 Å². The Morgan fingerprint density at radius 2 is 2.16 bits per heavy atom. The number of rotatable bonds is 9. The van der Waals surface area contributed by atoms with Gasteiger partial charge in [-0.15, -0.1) is 0 Å². The van der Waals surface area contributed by atoms with Crippen LogP contribution in [0.1, 0.15) is 37.8 Å². The number of benzene rings is 2. The summed E-state index contributed by atoms with van der Waals surface area (Å²) in [5.74, 6) is 0.538. The van der Waals surface area contributed by atoms with Gasteiger partial charge in [-0.2, -0.15) is 0 Å². The predicted octanol–water partition coefficient (Wildman–Crippen LogP) is 4.61. The van der Waals surface area contributed by atoms with Crippen LogP contribution < -0.4 is 5.32 Å². The number of nitrogens with one attached hydrogen (secondary N) is 1. The van der Waals surface area contributed by atoms with Gasteiger partial charge in [0.05, 0.1) is 0 Å². The number of oxazole rings is 1. The first-order valence-corrected chi connectivity index (χ1v) is 11.3. The van der Waals surface area contributed by atoms with E-state index in [1.807, 2.05) is 30.3 Å². The molecule has 162 valence electrons. The third kappa shape index (κ3) is 5.69. The molecule has 3 aromatic rings. The van der Waals surface area contributed by atoms with Crippen LogP contribution in [0, 0.1) is 5.92 Å². The molecule has 1 fully saturated rings. The fraction of sp³-hybridized carbons (Fsp3) is 0.417. The summed E-state index contributed by atoms with van der Waals surface area (Å²) in [6, 6.07) is 14.3. The van der Waals surface area contributed by atoms with Crippen LogP contribution >= 0.6 is 11.6 Å². The molecule has 2 aromatic carbocycles. The zero-order valence-electron chi connectivity index (χ0n) is 18.2. The van der Waals surface area contributed by atoms with Crippen LogP contribution in [-0.4, -0.2) is 48.8 Å². The van der Waals surface area contributed by atoms with Crippen LogP contribution in [0.3, 0.4) is 0 Å². The van der Waals surface area contributed by atoms with E-state index in [-0.39, 0.29) is 6.10 Å². The molecule has 1 aliphatic rings. The van der Waals surface area contributed by atoms with E-state index < -0.39 is 0 Å². The first-order chi connectivity index (χ1) is 15.0. The maximum absolute atomic E-state index is 6.06. The van der Waals surface area contributed by atoms with Crippen LogP contribution in [0.25, 0.3) is 11.1 Å². The molecule has 0 bridgehead atoms. The fourth-order valence-corrected chi connectivity index (χ4v) is 4.17. The minimum atomic E-state index is 0.286. The van der Waals surface area contributed by atoms with Crippen molar-refractivity contribution in [3.8, 4) is 0 Å². The second-order valence-corrected chi connectivity index (χ2v) is 9.00. The van der Waals surface area contributed by atoms with E-state index in [4.69, 9.17) is 20.8 Å². The molecule has 1 saturated heterocycles. The van der Waals surface area contributed by atoms with Crippen molar-refractivity contribution in [3.63, 3.8) is 0 Å². The van der Waals surface area contributed by atoms with Crippen LogP contribution in [0.2, 0.25) is 5.02 Å². The molecule has 1 atom stereocenters. The molecule has 0 radical (unpaired) electrons. The number of halogens is 1. The molecule has 7 heteroatoms. The van der Waals surface area contributed by atoms with Gasteiger partial charge in [0.25, 0.3) is 0 Å². The summed E-state index contributed by atoms with van der Waals surface area (Å²) >= 11 is 6.06. The molecule has 1 aromatic heterocycles. The first kappa shape index (κ1) is 21.9. The average Bonchev–Trinajstić information content (AvgIpc) is 3.39. The number of fused-ring (bicyclic) bond motifs is 1. The van der Waals surface area contributed by atoms with Gasteiger partial charge in [-0.3, -0.25) is 0 Å². The van der Waals surface area contributed by atoms with Crippen molar-refractivity contribution in [2.75, 3.05) is 25.0 Å². The molecule has 1 N–H and O–H groups in total. The average molecular weight is 438 g/mol. The Morgan fingerprint density at radius 1 is 1.29 bits per heavy atom. The molecular formula is C24H29BClN3O2. The van der Waals surface area contributed by atoms with Gasteiger partial charge in [-0.1, -0.05) is 0 Å². The minimum absolute atomic E-state index is 0.286. The van der Waals surface area contributed by atoms with Gasteiger partial charge in [-0.25, -0.2) is 0 Å². The number of nitrogens with zero attached hydrogens (tertiary/aromatic N) is 2. The molecule has 0 amide bonds. The van der Waals surface area contributed by atoms with E-state index in [9.17, 15) is 0 Å². The summed E-state index contributed by atoms with van der Waals surface area (Å²) in [6.45, 7) is 7.74. The third-order valence-electron chi connectivity index (χ3n) is 5.47. The van der Waals surface area contributed by atoms with Crippen molar-refractivity contribution >= 4 is 41.8 Å². The fourth-order valence-electron chi connectivity index (χ4n) is 3.96. The summed E-state index contributed by atoms with van der Waals surface area (Å²) in [7, 11) is 4.40. The van der Waals surface area contributed by atoms with Crippen LogP contribution in [0.15, 0.2) is 46.9 Å². The molecule has 2 heterocycles. The van der Waals surface area contributed by atoms with Gasteiger partial charge in [0.2, 0.25) is 0 Å². The second kappa shape index (κ2) is 9.88. The van der Waals surface area contributed by atoms with Crippen LogP contribution in [-0.2, 0) is 11.3 Å². The quantitative estimate of drug-likeness (QED) is 0.495. The second-order valence-electron chi connectivity index (χ2n) is 8.57. The van der Waals surface area contributed by atoms with Gasteiger partial charge in [0.15, 0.2) is 0 Å². The van der Waals surface area contributed by atoms with Crippen molar-refractivity contribution < 1.29 is 9.15 Å². The summed E-state index contributed by atoms with van der Waals surface area (Å²) in [4.78, 5) is 6.97. The van der Waals surface area contributed by atoms with E-state index in [1.54, 1.807) is 0 Å². The van der Waals surface area contributed by atoms with E-state index in [0.717, 1.165) is 60.4 Å². The number of hydrogen-bond acceptors (Lipinski definition) is 5. The summed E-state index contributed by atoms with van der Waals surface area (Å²) in [6.07, 6.45) is 2.54. The standard InChI is InChI=1S/C24H29BClN3O2/c1-16(2)14-29(15-20-7-4-10-30-20)23(25)18-8-9-22-21(12-18)28-24(31-22)27-13-17-5-3-6-19(26)11-17/h3,5-6,8-9,11-12,16,20,25H,4,7,10,13-15H2,1-2H3,(H,27,28). The monoisotopic (exact) mass is 437 g/mol. The van der Waals surface area contributed by atoms with Gasteiger partial charge in [0, 0.05) is 0 Å². The Morgan fingerprint density at radius 3 is 2.90 bits per heavy atom. The van der Waals surface area contributed by atoms with Crippen LogP contribution in [0.5, 0.6) is 0 Å². The molecule has 5 nitrogen and oxygen atoms in total. The topological polar surface area (TPSA) is 50.5 Å².